The highest BCUT2D eigenvalue weighted by molar-refractivity contribution is 5.06. The van der Waals surface area contributed by atoms with Gasteiger partial charge in [-0.2, -0.15) is 0 Å². The number of pyridine rings is 1. The van der Waals surface area contributed by atoms with Crippen LogP contribution in [0, 0.1) is 0 Å². The minimum atomic E-state index is 0.227. The van der Waals surface area contributed by atoms with Gasteiger partial charge in [0.05, 0.1) is 12.7 Å². The van der Waals surface area contributed by atoms with Crippen molar-refractivity contribution in [2.75, 3.05) is 6.54 Å². The van der Waals surface area contributed by atoms with Gasteiger partial charge in [-0.1, -0.05) is 6.07 Å². The smallest absolute Gasteiger partial charge is 0.0735 e. The average molecular weight is 180 g/mol. The van der Waals surface area contributed by atoms with Gasteiger partial charge in [-0.05, 0) is 31.5 Å². The molecule has 2 N–H and O–H groups in total. The third-order valence-electron chi connectivity index (χ3n) is 1.83. The lowest BCUT2D eigenvalue weighted by atomic mass is 10.3. The van der Waals surface area contributed by atoms with E-state index >= 15 is 0 Å². The van der Waals surface area contributed by atoms with Crippen molar-refractivity contribution in [3.8, 4) is 0 Å². The van der Waals surface area contributed by atoms with E-state index in [0.717, 1.165) is 12.0 Å². The van der Waals surface area contributed by atoms with Crippen LogP contribution in [0.2, 0.25) is 0 Å². The second-order valence-corrected chi connectivity index (χ2v) is 3.06. The van der Waals surface area contributed by atoms with E-state index in [1.165, 1.54) is 0 Å². The lowest BCUT2D eigenvalue weighted by Crippen LogP contribution is -2.13. The highest BCUT2D eigenvalue weighted by atomic mass is 16.5. The van der Waals surface area contributed by atoms with E-state index in [1.807, 2.05) is 25.3 Å². The molecule has 72 valence electrons. The van der Waals surface area contributed by atoms with Crippen LogP contribution >= 0.6 is 0 Å². The first kappa shape index (κ1) is 10.2. The Morgan fingerprint density at radius 3 is 3.08 bits per heavy atom. The van der Waals surface area contributed by atoms with E-state index < -0.39 is 0 Å². The number of ether oxygens (including phenoxy) is 1. The Balaban J connectivity index is 2.27. The zero-order chi connectivity index (χ0) is 9.52. The Bertz CT molecular complexity index is 226. The molecule has 0 amide bonds. The molecule has 0 spiro atoms. The third kappa shape index (κ3) is 4.01. The summed E-state index contributed by atoms with van der Waals surface area (Å²) in [7, 11) is 0. The molecule has 1 atom stereocenters. The topological polar surface area (TPSA) is 48.1 Å². The highest BCUT2D eigenvalue weighted by Gasteiger charge is 2.00. The molecule has 0 aliphatic carbocycles. The molecular weight excluding hydrogens is 164 g/mol. The molecule has 1 rings (SSSR count). The molecule has 13 heavy (non-hydrogen) atoms. The molecule has 0 saturated carbocycles. The van der Waals surface area contributed by atoms with Crippen LogP contribution in [-0.2, 0) is 11.3 Å². The predicted octanol–water partition coefficient (Wildman–Crippen LogP) is 1.34. The summed E-state index contributed by atoms with van der Waals surface area (Å²) in [5.41, 5.74) is 6.51. The minimum absolute atomic E-state index is 0.227. The molecule has 0 aliphatic rings. The second-order valence-electron chi connectivity index (χ2n) is 3.06. The van der Waals surface area contributed by atoms with Gasteiger partial charge >= 0.3 is 0 Å². The van der Waals surface area contributed by atoms with Crippen LogP contribution in [0.1, 0.15) is 18.9 Å². The van der Waals surface area contributed by atoms with Crippen LogP contribution < -0.4 is 5.73 Å². The van der Waals surface area contributed by atoms with Gasteiger partial charge in [0.15, 0.2) is 0 Å². The first-order valence-corrected chi connectivity index (χ1v) is 4.53. The Morgan fingerprint density at radius 2 is 2.46 bits per heavy atom. The van der Waals surface area contributed by atoms with Crippen molar-refractivity contribution in [3.63, 3.8) is 0 Å². The molecule has 0 aromatic carbocycles. The van der Waals surface area contributed by atoms with Crippen molar-refractivity contribution in [2.45, 2.75) is 26.1 Å². The molecule has 1 aromatic rings. The highest BCUT2D eigenvalue weighted by Crippen LogP contribution is 2.03. The van der Waals surface area contributed by atoms with Crippen LogP contribution in [0.25, 0.3) is 0 Å². The van der Waals surface area contributed by atoms with Gasteiger partial charge in [-0.3, -0.25) is 4.98 Å². The molecule has 0 fully saturated rings. The van der Waals surface area contributed by atoms with E-state index in [-0.39, 0.29) is 6.10 Å². The van der Waals surface area contributed by atoms with E-state index in [0.29, 0.717) is 13.2 Å². The van der Waals surface area contributed by atoms with Crippen LogP contribution in [0.5, 0.6) is 0 Å². The lowest BCUT2D eigenvalue weighted by Gasteiger charge is -2.11. The Hall–Kier alpha value is -0.930. The molecule has 3 heteroatoms. The SMILES string of the molecule is CC(CCN)OCc1cccnc1. The molecule has 0 bridgehead atoms. The standard InChI is InChI=1S/C10H16N2O/c1-9(4-5-11)13-8-10-3-2-6-12-7-10/h2-3,6-7,9H,4-5,8,11H2,1H3. The molecule has 0 saturated heterocycles. The van der Waals surface area contributed by atoms with Crippen molar-refractivity contribution < 1.29 is 4.74 Å². The number of hydrogen-bond acceptors (Lipinski definition) is 3. The average Bonchev–Trinajstić information content (AvgIpc) is 2.17. The molecule has 0 radical (unpaired) electrons. The quantitative estimate of drug-likeness (QED) is 0.743. The van der Waals surface area contributed by atoms with Crippen LogP contribution in [0.15, 0.2) is 24.5 Å². The van der Waals surface area contributed by atoms with Gasteiger partial charge in [0.2, 0.25) is 0 Å². The molecule has 1 aromatic heterocycles. The van der Waals surface area contributed by atoms with Gasteiger partial charge in [0, 0.05) is 12.4 Å². The van der Waals surface area contributed by atoms with E-state index in [1.54, 1.807) is 6.20 Å². The molecule has 3 nitrogen and oxygen atoms in total. The summed E-state index contributed by atoms with van der Waals surface area (Å²) >= 11 is 0. The lowest BCUT2D eigenvalue weighted by molar-refractivity contribution is 0.0491. The van der Waals surface area contributed by atoms with Crippen LogP contribution in [0.3, 0.4) is 0 Å². The fourth-order valence-corrected chi connectivity index (χ4v) is 1.04. The molecule has 1 heterocycles. The first-order valence-electron chi connectivity index (χ1n) is 4.53. The van der Waals surface area contributed by atoms with Crippen molar-refractivity contribution in [1.82, 2.24) is 4.98 Å². The number of rotatable bonds is 5. The predicted molar refractivity (Wildman–Crippen MR) is 52.2 cm³/mol. The van der Waals surface area contributed by atoms with Crippen molar-refractivity contribution in [1.29, 1.82) is 0 Å². The van der Waals surface area contributed by atoms with Crippen molar-refractivity contribution >= 4 is 0 Å². The zero-order valence-electron chi connectivity index (χ0n) is 7.94. The normalized spacial score (nSPS) is 12.8. The van der Waals surface area contributed by atoms with E-state index in [4.69, 9.17) is 10.5 Å². The van der Waals surface area contributed by atoms with Gasteiger partial charge in [0.25, 0.3) is 0 Å². The maximum Gasteiger partial charge on any atom is 0.0735 e. The van der Waals surface area contributed by atoms with Crippen LogP contribution in [0.4, 0.5) is 0 Å². The number of nitrogens with zero attached hydrogens (tertiary/aromatic N) is 1. The largest absolute Gasteiger partial charge is 0.374 e. The summed E-state index contributed by atoms with van der Waals surface area (Å²) in [4.78, 5) is 4.00. The fourth-order valence-electron chi connectivity index (χ4n) is 1.04. The Kier molecular flexibility index (Phi) is 4.43. The third-order valence-corrected chi connectivity index (χ3v) is 1.83. The number of aromatic nitrogens is 1. The fraction of sp³-hybridized carbons (Fsp3) is 0.500. The van der Waals surface area contributed by atoms with Gasteiger partial charge < -0.3 is 10.5 Å². The van der Waals surface area contributed by atoms with E-state index in [2.05, 4.69) is 4.98 Å². The number of nitrogens with two attached hydrogens (primary N) is 1. The Labute approximate surface area is 78.9 Å². The summed E-state index contributed by atoms with van der Waals surface area (Å²) in [6, 6.07) is 3.91. The maximum absolute atomic E-state index is 5.55. The summed E-state index contributed by atoms with van der Waals surface area (Å²) in [6.45, 7) is 3.33. The first-order chi connectivity index (χ1) is 6.33. The minimum Gasteiger partial charge on any atom is -0.374 e. The summed E-state index contributed by atoms with van der Waals surface area (Å²) < 4.78 is 5.55. The number of hydrogen-bond donors (Lipinski definition) is 1. The van der Waals surface area contributed by atoms with Crippen molar-refractivity contribution in [2.24, 2.45) is 5.73 Å². The van der Waals surface area contributed by atoms with Crippen molar-refractivity contribution in [3.05, 3.63) is 30.1 Å². The maximum atomic E-state index is 5.55. The molecule has 0 aliphatic heterocycles. The second kappa shape index (κ2) is 5.67. The van der Waals surface area contributed by atoms with E-state index in [9.17, 15) is 0 Å². The summed E-state index contributed by atoms with van der Waals surface area (Å²) in [6.07, 6.45) is 4.70. The summed E-state index contributed by atoms with van der Waals surface area (Å²) in [5.74, 6) is 0. The molecular formula is C10H16N2O. The van der Waals surface area contributed by atoms with Gasteiger partial charge in [0.1, 0.15) is 0 Å². The van der Waals surface area contributed by atoms with Gasteiger partial charge in [-0.25, -0.2) is 0 Å². The van der Waals surface area contributed by atoms with Gasteiger partial charge in [-0.15, -0.1) is 0 Å². The van der Waals surface area contributed by atoms with Crippen LogP contribution in [-0.4, -0.2) is 17.6 Å². The summed E-state index contributed by atoms with van der Waals surface area (Å²) in [5, 5.41) is 0. The molecule has 1 unspecified atom stereocenters. The monoisotopic (exact) mass is 180 g/mol. The Morgan fingerprint density at radius 1 is 1.62 bits per heavy atom. The zero-order valence-corrected chi connectivity index (χ0v) is 7.94.